The summed E-state index contributed by atoms with van der Waals surface area (Å²) in [7, 11) is 0. The molecule has 0 bridgehead atoms. The summed E-state index contributed by atoms with van der Waals surface area (Å²) in [6.45, 7) is 0.999. The predicted molar refractivity (Wildman–Crippen MR) is 105 cm³/mol. The van der Waals surface area contributed by atoms with E-state index in [0.29, 0.717) is 10.3 Å². The summed E-state index contributed by atoms with van der Waals surface area (Å²) in [4.78, 5) is 38.6. The molecule has 0 spiro atoms. The van der Waals surface area contributed by atoms with E-state index in [-0.39, 0.29) is 23.5 Å². The number of furan rings is 1. The van der Waals surface area contributed by atoms with Crippen molar-refractivity contribution >= 4 is 28.9 Å². The standard InChI is InChI=1S/C22H17F3N2O5/c1-2-31-18(28)17-15(14-10-6-7-11-16(14)32-17)12-27-19(29)21(22(23,24)25,26-20(27)30)13-8-4-3-5-9-13/h3-11H,2,12H2,1H3,(H,26,30). The molecular weight excluding hydrogens is 429 g/mol. The third-order valence-corrected chi connectivity index (χ3v) is 5.21. The van der Waals surface area contributed by atoms with Crippen molar-refractivity contribution in [2.24, 2.45) is 0 Å². The van der Waals surface area contributed by atoms with Crippen molar-refractivity contribution in [1.82, 2.24) is 10.2 Å². The normalized spacial score (nSPS) is 18.8. The van der Waals surface area contributed by atoms with Crippen molar-refractivity contribution in [2.45, 2.75) is 25.2 Å². The number of urea groups is 1. The summed E-state index contributed by atoms with van der Waals surface area (Å²) < 4.78 is 53.0. The van der Waals surface area contributed by atoms with Gasteiger partial charge in [0.05, 0.1) is 13.2 Å². The van der Waals surface area contributed by atoms with Gasteiger partial charge in [0.15, 0.2) is 0 Å². The van der Waals surface area contributed by atoms with Crippen molar-refractivity contribution in [2.75, 3.05) is 6.61 Å². The summed E-state index contributed by atoms with van der Waals surface area (Å²) in [6, 6.07) is 11.6. The fourth-order valence-corrected chi connectivity index (χ4v) is 3.73. The average molecular weight is 446 g/mol. The molecule has 0 aliphatic carbocycles. The average Bonchev–Trinajstić information content (AvgIpc) is 3.25. The lowest BCUT2D eigenvalue weighted by Gasteiger charge is -2.29. The second-order valence-electron chi connectivity index (χ2n) is 7.06. The zero-order valence-corrected chi connectivity index (χ0v) is 16.7. The van der Waals surface area contributed by atoms with E-state index in [0.717, 1.165) is 12.1 Å². The van der Waals surface area contributed by atoms with Crippen LogP contribution in [0.3, 0.4) is 0 Å². The molecule has 7 nitrogen and oxygen atoms in total. The molecule has 1 unspecified atom stereocenters. The number of nitrogens with zero attached hydrogens (tertiary/aromatic N) is 1. The molecule has 4 rings (SSSR count). The zero-order chi connectivity index (χ0) is 23.1. The van der Waals surface area contributed by atoms with Crippen LogP contribution < -0.4 is 5.32 Å². The summed E-state index contributed by atoms with van der Waals surface area (Å²) in [6.07, 6.45) is -5.11. The van der Waals surface area contributed by atoms with E-state index in [1.165, 1.54) is 18.2 Å². The Balaban J connectivity index is 1.80. The highest BCUT2D eigenvalue weighted by molar-refractivity contribution is 6.08. The summed E-state index contributed by atoms with van der Waals surface area (Å²) >= 11 is 0. The largest absolute Gasteiger partial charge is 0.460 e. The molecule has 1 fully saturated rings. The van der Waals surface area contributed by atoms with Gasteiger partial charge >= 0.3 is 18.2 Å². The van der Waals surface area contributed by atoms with Gasteiger partial charge in [-0.2, -0.15) is 13.2 Å². The molecule has 3 amide bonds. The maximum Gasteiger partial charge on any atom is 0.425 e. The number of hydrogen-bond donors (Lipinski definition) is 1. The quantitative estimate of drug-likeness (QED) is 0.471. The van der Waals surface area contributed by atoms with E-state index in [1.54, 1.807) is 31.2 Å². The molecule has 2 aromatic carbocycles. The molecule has 1 saturated heterocycles. The van der Waals surface area contributed by atoms with Crippen LogP contribution in [0.2, 0.25) is 0 Å². The predicted octanol–water partition coefficient (Wildman–Crippen LogP) is 4.12. The van der Waals surface area contributed by atoms with E-state index in [4.69, 9.17) is 9.15 Å². The Morgan fingerprint density at radius 1 is 1.09 bits per heavy atom. The molecule has 0 saturated carbocycles. The molecule has 32 heavy (non-hydrogen) atoms. The number of rotatable bonds is 5. The van der Waals surface area contributed by atoms with Gasteiger partial charge in [-0.25, -0.2) is 9.59 Å². The van der Waals surface area contributed by atoms with Crippen LogP contribution in [0.5, 0.6) is 0 Å². The Morgan fingerprint density at radius 3 is 2.41 bits per heavy atom. The first kappa shape index (κ1) is 21.4. The minimum absolute atomic E-state index is 0.0314. The van der Waals surface area contributed by atoms with Crippen LogP contribution in [0, 0.1) is 0 Å². The highest BCUT2D eigenvalue weighted by atomic mass is 19.4. The first-order chi connectivity index (χ1) is 15.2. The van der Waals surface area contributed by atoms with Crippen LogP contribution >= 0.6 is 0 Å². The Bertz CT molecular complexity index is 1210. The number of fused-ring (bicyclic) bond motifs is 1. The van der Waals surface area contributed by atoms with Crippen LogP contribution in [0.4, 0.5) is 18.0 Å². The zero-order valence-electron chi connectivity index (χ0n) is 16.7. The number of alkyl halides is 3. The van der Waals surface area contributed by atoms with Gasteiger partial charge in [-0.05, 0) is 18.6 Å². The van der Waals surface area contributed by atoms with Crippen molar-refractivity contribution < 1.29 is 36.7 Å². The van der Waals surface area contributed by atoms with Crippen LogP contribution in [0.25, 0.3) is 11.0 Å². The molecule has 10 heteroatoms. The topological polar surface area (TPSA) is 88.8 Å². The third kappa shape index (κ3) is 3.19. The minimum Gasteiger partial charge on any atom is -0.460 e. The Hall–Kier alpha value is -3.82. The Labute approximate surface area is 179 Å². The lowest BCUT2D eigenvalue weighted by Crippen LogP contribution is -2.55. The molecule has 1 atom stereocenters. The van der Waals surface area contributed by atoms with Gasteiger partial charge in [0.2, 0.25) is 11.3 Å². The SMILES string of the molecule is CCOC(=O)c1oc2ccccc2c1CN1C(=O)NC(c2ccccc2)(C(F)(F)F)C1=O. The van der Waals surface area contributed by atoms with E-state index >= 15 is 0 Å². The molecular formula is C22H17F3N2O5. The van der Waals surface area contributed by atoms with Crippen LogP contribution in [-0.4, -0.2) is 35.6 Å². The van der Waals surface area contributed by atoms with Crippen molar-refractivity contribution in [1.29, 1.82) is 0 Å². The number of esters is 1. The smallest absolute Gasteiger partial charge is 0.425 e. The van der Waals surface area contributed by atoms with E-state index in [9.17, 15) is 27.6 Å². The summed E-state index contributed by atoms with van der Waals surface area (Å²) in [5, 5.41) is 2.20. The van der Waals surface area contributed by atoms with Gasteiger partial charge in [0.1, 0.15) is 5.58 Å². The highest BCUT2D eigenvalue weighted by Crippen LogP contribution is 2.44. The lowest BCUT2D eigenvalue weighted by atomic mass is 9.89. The molecule has 1 N–H and O–H groups in total. The number of carbonyl (C=O) groups is 3. The van der Waals surface area contributed by atoms with Gasteiger partial charge in [-0.3, -0.25) is 9.69 Å². The minimum atomic E-state index is -5.11. The Kier molecular flexibility index (Phi) is 5.15. The molecule has 1 aromatic heterocycles. The van der Waals surface area contributed by atoms with E-state index < -0.39 is 41.7 Å². The summed E-state index contributed by atoms with van der Waals surface area (Å²) in [5.41, 5.74) is -3.32. The van der Waals surface area contributed by atoms with Gasteiger partial charge in [-0.1, -0.05) is 48.5 Å². The molecule has 2 heterocycles. The fraction of sp³-hybridized carbons (Fsp3) is 0.227. The van der Waals surface area contributed by atoms with Crippen LogP contribution in [0.15, 0.2) is 59.0 Å². The van der Waals surface area contributed by atoms with E-state index in [2.05, 4.69) is 0 Å². The number of amides is 3. The molecule has 166 valence electrons. The summed E-state index contributed by atoms with van der Waals surface area (Å²) in [5.74, 6) is -2.63. The number of para-hydroxylation sites is 1. The van der Waals surface area contributed by atoms with Crippen LogP contribution in [0.1, 0.15) is 28.6 Å². The number of carbonyl (C=O) groups excluding carboxylic acids is 3. The van der Waals surface area contributed by atoms with Crippen LogP contribution in [-0.2, 0) is 21.6 Å². The molecule has 1 aliphatic rings. The molecule has 3 aromatic rings. The van der Waals surface area contributed by atoms with E-state index in [1.807, 2.05) is 5.32 Å². The van der Waals surface area contributed by atoms with Gasteiger partial charge in [0.25, 0.3) is 5.91 Å². The van der Waals surface area contributed by atoms with Crippen molar-refractivity contribution in [3.05, 3.63) is 71.5 Å². The molecule has 0 radical (unpaired) electrons. The fourth-order valence-electron chi connectivity index (χ4n) is 3.73. The first-order valence-corrected chi connectivity index (χ1v) is 9.64. The maximum atomic E-state index is 14.2. The number of imide groups is 1. The lowest BCUT2D eigenvalue weighted by molar-refractivity contribution is -0.198. The second-order valence-corrected chi connectivity index (χ2v) is 7.06. The first-order valence-electron chi connectivity index (χ1n) is 9.64. The monoisotopic (exact) mass is 446 g/mol. The van der Waals surface area contributed by atoms with Crippen molar-refractivity contribution in [3.8, 4) is 0 Å². The number of nitrogens with one attached hydrogen (secondary N) is 1. The van der Waals surface area contributed by atoms with Crippen molar-refractivity contribution in [3.63, 3.8) is 0 Å². The second kappa shape index (κ2) is 7.70. The van der Waals surface area contributed by atoms with Gasteiger partial charge in [-0.15, -0.1) is 0 Å². The van der Waals surface area contributed by atoms with Gasteiger partial charge in [0, 0.05) is 10.9 Å². The maximum absolute atomic E-state index is 14.2. The van der Waals surface area contributed by atoms with Gasteiger partial charge < -0.3 is 14.5 Å². The number of benzene rings is 2. The number of hydrogen-bond acceptors (Lipinski definition) is 5. The number of ether oxygens (including phenoxy) is 1. The highest BCUT2D eigenvalue weighted by Gasteiger charge is 2.68. The Morgan fingerprint density at radius 2 is 1.75 bits per heavy atom. The third-order valence-electron chi connectivity index (χ3n) is 5.21. The number of halogens is 3. The molecule has 1 aliphatic heterocycles.